The van der Waals surface area contributed by atoms with Crippen LogP contribution < -0.4 is 0 Å². The summed E-state index contributed by atoms with van der Waals surface area (Å²) >= 11 is 0. The molecule has 1 saturated carbocycles. The second kappa shape index (κ2) is 23.7. The Kier molecular flexibility index (Phi) is 17.3. The quantitative estimate of drug-likeness (QED) is 0.169. The van der Waals surface area contributed by atoms with Gasteiger partial charge in [-0.3, -0.25) is 0 Å². The smallest absolute Gasteiger partial charge is 0.0994 e. The van der Waals surface area contributed by atoms with Crippen LogP contribution in [-0.4, -0.2) is 0 Å². The molecule has 0 saturated heterocycles. The summed E-state index contributed by atoms with van der Waals surface area (Å²) in [6.07, 6.45) is 12.4. The molecule has 0 heterocycles. The predicted octanol–water partition coefficient (Wildman–Crippen LogP) is 19.5. The van der Waals surface area contributed by atoms with E-state index in [9.17, 15) is 0 Å². The minimum atomic E-state index is 0.172. The molecule has 1 nitrogen and oxygen atoms in total. The highest BCUT2D eigenvalue weighted by molar-refractivity contribution is 6.04. The van der Waals surface area contributed by atoms with Gasteiger partial charge in [0.05, 0.1) is 11.6 Å². The number of hydrogen-bond donors (Lipinski definition) is 0. The molecule has 0 aromatic heterocycles. The fourth-order valence-corrected chi connectivity index (χ4v) is 10.5. The van der Waals surface area contributed by atoms with Gasteiger partial charge in [-0.25, -0.2) is 0 Å². The highest BCUT2D eigenvalue weighted by Gasteiger charge is 2.41. The Bertz CT molecular complexity index is 3180. The molecule has 71 heavy (non-hydrogen) atoms. The van der Waals surface area contributed by atoms with E-state index < -0.39 is 0 Å². The molecule has 0 atom stereocenters. The molecular weight excluding hydrogens is 855 g/mol. The Morgan fingerprint density at radius 3 is 1.62 bits per heavy atom. The van der Waals surface area contributed by atoms with Crippen molar-refractivity contribution < 1.29 is 0 Å². The second-order valence-corrected chi connectivity index (χ2v) is 20.2. The van der Waals surface area contributed by atoms with E-state index in [4.69, 9.17) is 5.26 Å². The van der Waals surface area contributed by atoms with Crippen molar-refractivity contribution in [3.05, 3.63) is 254 Å². The maximum atomic E-state index is 8.59. The number of allylic oxidation sites excluding steroid dienone is 4. The zero-order valence-corrected chi connectivity index (χ0v) is 44.5. The first kappa shape index (κ1) is 51.8. The minimum Gasteiger partial charge on any atom is -0.192 e. The molecule has 0 N–H and O–H groups in total. The van der Waals surface area contributed by atoms with Crippen LogP contribution >= 0.6 is 0 Å². The Hall–Kier alpha value is -7.01. The van der Waals surface area contributed by atoms with Crippen LogP contribution in [0.25, 0.3) is 38.6 Å². The van der Waals surface area contributed by atoms with Crippen molar-refractivity contribution >= 4 is 16.3 Å². The van der Waals surface area contributed by atoms with Gasteiger partial charge in [0.15, 0.2) is 0 Å². The normalized spacial score (nSPS) is 13.7. The maximum Gasteiger partial charge on any atom is 0.0994 e. The summed E-state index contributed by atoms with van der Waals surface area (Å²) < 4.78 is 0. The topological polar surface area (TPSA) is 23.8 Å². The molecule has 0 unspecified atom stereocenters. The molecule has 0 spiro atoms. The summed E-state index contributed by atoms with van der Waals surface area (Å²) in [6.45, 7) is 23.8. The van der Waals surface area contributed by atoms with Gasteiger partial charge >= 0.3 is 0 Å². The van der Waals surface area contributed by atoms with Gasteiger partial charge in [0.25, 0.3) is 0 Å². The Morgan fingerprint density at radius 2 is 1.03 bits per heavy atom. The number of rotatable bonds is 5. The van der Waals surface area contributed by atoms with Crippen molar-refractivity contribution in [2.45, 2.75) is 120 Å². The SMILES string of the molecule is CCC1(CC)c2cc(C)ccc2-c2c1cc(C)c1ccccc21.Cc1ccc(-c2ccccc2)cc1.Cc1ccc(C)c(C#N)c1.Cc1ccc(C2=C(C3CC3)CCC=C2)c(C)c1.Cc1ccccc1C. The Balaban J connectivity index is 0.000000137. The van der Waals surface area contributed by atoms with Crippen LogP contribution in [0.1, 0.15) is 125 Å². The highest BCUT2D eigenvalue weighted by atomic mass is 14.4. The minimum absolute atomic E-state index is 0.172. The monoisotopic (exact) mass is 930 g/mol. The fraction of sp³-hybridized carbons (Fsp3) is 0.271. The number of aryl methyl sites for hydroxylation is 9. The second-order valence-electron chi connectivity index (χ2n) is 20.2. The van der Waals surface area contributed by atoms with Crippen LogP contribution in [0.15, 0.2) is 182 Å². The number of nitriles is 1. The summed E-state index contributed by atoms with van der Waals surface area (Å²) in [6, 6.07) is 60.6. The molecule has 1 heteroatoms. The highest BCUT2D eigenvalue weighted by Crippen LogP contribution is 2.55. The van der Waals surface area contributed by atoms with Gasteiger partial charge in [-0.1, -0.05) is 206 Å². The Morgan fingerprint density at radius 1 is 0.479 bits per heavy atom. The van der Waals surface area contributed by atoms with E-state index >= 15 is 0 Å². The standard InChI is InChI=1S/C23H24.C17H20.C13H12.C9H9N.C8H10/c1-5-23(6-2)20-13-15(3)11-12-19(20)22-18-10-8-7-9-17(18)16(4)14-21(22)23;1-12-7-10-15(13(2)11-12)17-6-4-3-5-16(17)14-8-9-14;1-11-7-9-13(10-8-11)12-5-3-2-4-6-12;1-7-3-4-8(2)9(5-7)6-10;1-7-5-3-4-6-8(7)2/h7-14H,5-6H2,1-4H3;4,6-7,10-11,14H,3,5,8-9H2,1-2H3;2-10H,1H3;3-5H,1-2H3;3-6H,1-2H3. The van der Waals surface area contributed by atoms with Crippen molar-refractivity contribution in [2.75, 3.05) is 0 Å². The lowest BCUT2D eigenvalue weighted by molar-refractivity contribution is 0.490. The van der Waals surface area contributed by atoms with Crippen molar-refractivity contribution in [2.24, 2.45) is 5.92 Å². The molecule has 360 valence electrons. The number of fused-ring (bicyclic) bond motifs is 5. The molecule has 3 aliphatic carbocycles. The van der Waals surface area contributed by atoms with Crippen molar-refractivity contribution in [1.29, 1.82) is 5.26 Å². The first-order valence-corrected chi connectivity index (χ1v) is 26.0. The van der Waals surface area contributed by atoms with Gasteiger partial charge in [0.1, 0.15) is 0 Å². The van der Waals surface area contributed by atoms with Gasteiger partial charge in [0, 0.05) is 5.41 Å². The summed E-state index contributed by atoms with van der Waals surface area (Å²) in [4.78, 5) is 0. The van der Waals surface area contributed by atoms with Crippen LogP contribution in [0.3, 0.4) is 0 Å². The van der Waals surface area contributed by atoms with Crippen LogP contribution in [0.2, 0.25) is 0 Å². The average molecular weight is 930 g/mol. The summed E-state index contributed by atoms with van der Waals surface area (Å²) in [7, 11) is 0. The van der Waals surface area contributed by atoms with Crippen LogP contribution in [0, 0.1) is 79.6 Å². The number of benzene rings is 8. The lowest BCUT2D eigenvalue weighted by Crippen LogP contribution is -2.23. The third-order valence-corrected chi connectivity index (χ3v) is 15.0. The van der Waals surface area contributed by atoms with E-state index in [1.807, 2.05) is 38.1 Å². The van der Waals surface area contributed by atoms with Gasteiger partial charge < -0.3 is 0 Å². The zero-order chi connectivity index (χ0) is 50.7. The lowest BCUT2D eigenvalue weighted by atomic mass is 9.73. The molecule has 0 bridgehead atoms. The molecule has 0 aliphatic heterocycles. The summed E-state index contributed by atoms with van der Waals surface area (Å²) in [5, 5.41) is 11.4. The fourth-order valence-electron chi connectivity index (χ4n) is 10.5. The molecule has 0 radical (unpaired) electrons. The zero-order valence-electron chi connectivity index (χ0n) is 44.5. The average Bonchev–Trinajstić information content (AvgIpc) is 4.20. The number of hydrogen-bond acceptors (Lipinski definition) is 1. The number of nitrogens with zero attached hydrogens (tertiary/aromatic N) is 1. The molecule has 8 aromatic rings. The summed E-state index contributed by atoms with van der Waals surface area (Å²) in [5.74, 6) is 0.899. The van der Waals surface area contributed by atoms with E-state index in [0.29, 0.717) is 0 Å². The first-order valence-electron chi connectivity index (χ1n) is 26.0. The van der Waals surface area contributed by atoms with E-state index in [-0.39, 0.29) is 5.41 Å². The molecule has 3 aliphatic rings. The van der Waals surface area contributed by atoms with E-state index in [1.165, 1.54) is 114 Å². The van der Waals surface area contributed by atoms with Crippen LogP contribution in [-0.2, 0) is 5.41 Å². The molecule has 1 fully saturated rings. The molecule has 0 amide bonds. The Labute approximate surface area is 427 Å². The first-order chi connectivity index (χ1) is 34.3. The van der Waals surface area contributed by atoms with E-state index in [1.54, 1.807) is 11.1 Å². The summed E-state index contributed by atoms with van der Waals surface area (Å²) in [5.41, 5.74) is 26.0. The predicted molar refractivity (Wildman–Crippen MR) is 307 cm³/mol. The van der Waals surface area contributed by atoms with Crippen molar-refractivity contribution in [3.8, 4) is 28.3 Å². The molecule has 11 rings (SSSR count). The molecular formula is C70H75N. The third kappa shape index (κ3) is 12.3. The molecule has 8 aromatic carbocycles. The van der Waals surface area contributed by atoms with Gasteiger partial charge in [-0.15, -0.1) is 0 Å². The van der Waals surface area contributed by atoms with Crippen LogP contribution in [0.4, 0.5) is 0 Å². The van der Waals surface area contributed by atoms with Crippen molar-refractivity contribution in [3.63, 3.8) is 0 Å². The van der Waals surface area contributed by atoms with Gasteiger partial charge in [0.2, 0.25) is 0 Å². The van der Waals surface area contributed by atoms with Crippen molar-refractivity contribution in [1.82, 2.24) is 0 Å². The maximum absolute atomic E-state index is 8.59. The van der Waals surface area contributed by atoms with Gasteiger partial charge in [-0.2, -0.15) is 5.26 Å². The van der Waals surface area contributed by atoms with Gasteiger partial charge in [-0.05, 0) is 201 Å². The largest absolute Gasteiger partial charge is 0.192 e. The van der Waals surface area contributed by atoms with E-state index in [2.05, 4.69) is 220 Å². The van der Waals surface area contributed by atoms with Crippen LogP contribution in [0.5, 0.6) is 0 Å². The van der Waals surface area contributed by atoms with E-state index in [0.717, 1.165) is 35.4 Å². The lowest BCUT2D eigenvalue weighted by Gasteiger charge is -2.30. The third-order valence-electron chi connectivity index (χ3n) is 15.0.